The van der Waals surface area contributed by atoms with Crippen molar-refractivity contribution in [3.8, 4) is 0 Å². The molecule has 1 aromatic heterocycles. The number of nitrogens with two attached hydrogens (primary N) is 1. The van der Waals surface area contributed by atoms with Crippen molar-refractivity contribution in [2.45, 2.75) is 25.4 Å². The van der Waals surface area contributed by atoms with Gasteiger partial charge in [0.15, 0.2) is 0 Å². The first-order valence-electron chi connectivity index (χ1n) is 5.63. The van der Waals surface area contributed by atoms with E-state index < -0.39 is 0 Å². The van der Waals surface area contributed by atoms with Gasteiger partial charge in [0.05, 0.1) is 11.7 Å². The largest absolute Gasteiger partial charge is 0.384 e. The van der Waals surface area contributed by atoms with E-state index in [4.69, 9.17) is 5.73 Å². The first-order valence-corrected chi connectivity index (χ1v) is 5.63. The average molecular weight is 207 g/mol. The molecule has 2 aliphatic heterocycles. The summed E-state index contributed by atoms with van der Waals surface area (Å²) in [6, 6.07) is 0.454. The number of nitrogen functional groups attached to an aromatic ring is 1. The third-order valence-corrected chi connectivity index (χ3v) is 3.36. The number of hydrogen-bond donors (Lipinski definition) is 3. The monoisotopic (exact) mass is 207 g/mol. The Morgan fingerprint density at radius 3 is 3.00 bits per heavy atom. The Labute approximate surface area is 89.0 Å². The molecule has 5 heteroatoms. The fourth-order valence-electron chi connectivity index (χ4n) is 2.49. The Morgan fingerprint density at radius 1 is 1.33 bits per heavy atom. The highest BCUT2D eigenvalue weighted by atomic mass is 15.4. The maximum Gasteiger partial charge on any atom is 0.125 e. The Balaban J connectivity index is 1.97. The second-order valence-corrected chi connectivity index (χ2v) is 4.33. The van der Waals surface area contributed by atoms with E-state index in [9.17, 15) is 0 Å². The van der Waals surface area contributed by atoms with Crippen molar-refractivity contribution >= 4 is 5.82 Å². The van der Waals surface area contributed by atoms with E-state index in [0.29, 0.717) is 6.04 Å². The standard InChI is InChI=1S/C10H17N5/c11-10-8-2-4-13-6-9(8)14-15(10)7-1-3-12-5-7/h7,12-13H,1-6,11H2. The normalized spacial score (nSPS) is 25.5. The Kier molecular flexibility index (Phi) is 2.14. The number of anilines is 1. The third-order valence-electron chi connectivity index (χ3n) is 3.36. The van der Waals surface area contributed by atoms with Crippen molar-refractivity contribution in [1.29, 1.82) is 0 Å². The molecule has 0 saturated carbocycles. The smallest absolute Gasteiger partial charge is 0.125 e. The van der Waals surface area contributed by atoms with E-state index in [1.54, 1.807) is 0 Å². The molecule has 1 aromatic rings. The number of rotatable bonds is 1. The first kappa shape index (κ1) is 9.18. The van der Waals surface area contributed by atoms with Gasteiger partial charge in [0.25, 0.3) is 0 Å². The van der Waals surface area contributed by atoms with Crippen LogP contribution in [0.1, 0.15) is 23.7 Å². The van der Waals surface area contributed by atoms with Crippen molar-refractivity contribution in [2.75, 3.05) is 25.4 Å². The zero-order chi connectivity index (χ0) is 10.3. The summed E-state index contributed by atoms with van der Waals surface area (Å²) >= 11 is 0. The number of nitrogens with zero attached hydrogens (tertiary/aromatic N) is 2. The van der Waals surface area contributed by atoms with Crippen molar-refractivity contribution < 1.29 is 0 Å². The molecule has 0 bridgehead atoms. The van der Waals surface area contributed by atoms with Crippen LogP contribution in [-0.4, -0.2) is 29.4 Å². The minimum absolute atomic E-state index is 0.454. The minimum Gasteiger partial charge on any atom is -0.384 e. The molecule has 82 valence electrons. The highest BCUT2D eigenvalue weighted by molar-refractivity contribution is 5.45. The van der Waals surface area contributed by atoms with E-state index >= 15 is 0 Å². The maximum absolute atomic E-state index is 6.15. The fourth-order valence-corrected chi connectivity index (χ4v) is 2.49. The van der Waals surface area contributed by atoms with Crippen LogP contribution in [0, 0.1) is 0 Å². The predicted molar refractivity (Wildman–Crippen MR) is 58.6 cm³/mol. The summed E-state index contributed by atoms with van der Waals surface area (Å²) in [6.45, 7) is 3.96. The van der Waals surface area contributed by atoms with E-state index in [2.05, 4.69) is 15.7 Å². The van der Waals surface area contributed by atoms with Crippen LogP contribution in [0.5, 0.6) is 0 Å². The van der Waals surface area contributed by atoms with Crippen LogP contribution < -0.4 is 16.4 Å². The SMILES string of the molecule is Nc1c2c(nn1C1CCNC1)CNCC2. The van der Waals surface area contributed by atoms with Crippen LogP contribution in [0.25, 0.3) is 0 Å². The van der Waals surface area contributed by atoms with Gasteiger partial charge < -0.3 is 16.4 Å². The van der Waals surface area contributed by atoms with Crippen LogP contribution >= 0.6 is 0 Å². The highest BCUT2D eigenvalue weighted by Gasteiger charge is 2.24. The van der Waals surface area contributed by atoms with E-state index in [0.717, 1.165) is 50.5 Å². The molecule has 3 heterocycles. The lowest BCUT2D eigenvalue weighted by atomic mass is 10.1. The number of hydrogen-bond acceptors (Lipinski definition) is 4. The topological polar surface area (TPSA) is 67.9 Å². The van der Waals surface area contributed by atoms with Gasteiger partial charge in [0, 0.05) is 18.7 Å². The van der Waals surface area contributed by atoms with E-state index in [1.807, 2.05) is 4.68 Å². The van der Waals surface area contributed by atoms with Gasteiger partial charge in [-0.2, -0.15) is 5.10 Å². The second kappa shape index (κ2) is 3.50. The van der Waals surface area contributed by atoms with Gasteiger partial charge in [-0.25, -0.2) is 4.68 Å². The van der Waals surface area contributed by atoms with Gasteiger partial charge in [-0.3, -0.25) is 0 Å². The maximum atomic E-state index is 6.15. The first-order chi connectivity index (χ1) is 7.36. The van der Waals surface area contributed by atoms with Gasteiger partial charge in [-0.05, 0) is 25.9 Å². The molecule has 2 aliphatic rings. The molecule has 1 saturated heterocycles. The molecule has 0 spiro atoms. The summed E-state index contributed by atoms with van der Waals surface area (Å²) in [5.41, 5.74) is 8.56. The van der Waals surface area contributed by atoms with Crippen molar-refractivity contribution in [3.63, 3.8) is 0 Å². The quantitative estimate of drug-likeness (QED) is 0.588. The minimum atomic E-state index is 0.454. The van der Waals surface area contributed by atoms with Crippen molar-refractivity contribution in [1.82, 2.24) is 20.4 Å². The molecule has 0 amide bonds. The fraction of sp³-hybridized carbons (Fsp3) is 0.700. The molecule has 4 N–H and O–H groups in total. The Bertz CT molecular complexity index is 364. The van der Waals surface area contributed by atoms with Crippen LogP contribution in [0.3, 0.4) is 0 Å². The molecule has 1 atom stereocenters. The summed E-state index contributed by atoms with van der Waals surface area (Å²) in [5, 5.41) is 11.3. The van der Waals surface area contributed by atoms with Gasteiger partial charge in [-0.15, -0.1) is 0 Å². The molecule has 1 fully saturated rings. The van der Waals surface area contributed by atoms with Gasteiger partial charge >= 0.3 is 0 Å². The van der Waals surface area contributed by atoms with E-state index in [-0.39, 0.29) is 0 Å². The van der Waals surface area contributed by atoms with Gasteiger partial charge in [0.1, 0.15) is 5.82 Å². The molecule has 3 rings (SSSR count). The zero-order valence-corrected chi connectivity index (χ0v) is 8.79. The summed E-state index contributed by atoms with van der Waals surface area (Å²) in [4.78, 5) is 0. The summed E-state index contributed by atoms with van der Waals surface area (Å²) in [5.74, 6) is 0.889. The zero-order valence-electron chi connectivity index (χ0n) is 8.79. The average Bonchev–Trinajstić information content (AvgIpc) is 2.87. The molecular formula is C10H17N5. The van der Waals surface area contributed by atoms with Crippen LogP contribution in [-0.2, 0) is 13.0 Å². The predicted octanol–water partition coefficient (Wildman–Crippen LogP) is -0.355. The summed E-state index contributed by atoms with van der Waals surface area (Å²) < 4.78 is 2.03. The lowest BCUT2D eigenvalue weighted by molar-refractivity contribution is 0.490. The molecule has 5 nitrogen and oxygen atoms in total. The molecular weight excluding hydrogens is 190 g/mol. The van der Waals surface area contributed by atoms with E-state index in [1.165, 1.54) is 5.56 Å². The second-order valence-electron chi connectivity index (χ2n) is 4.33. The molecule has 0 aromatic carbocycles. The molecule has 0 aliphatic carbocycles. The van der Waals surface area contributed by atoms with Crippen LogP contribution in [0.2, 0.25) is 0 Å². The summed E-state index contributed by atoms with van der Waals surface area (Å²) in [6.07, 6.45) is 2.15. The highest BCUT2D eigenvalue weighted by Crippen LogP contribution is 2.25. The molecule has 15 heavy (non-hydrogen) atoms. The molecule has 1 unspecified atom stereocenters. The lowest BCUT2D eigenvalue weighted by Gasteiger charge is -2.12. The lowest BCUT2D eigenvalue weighted by Crippen LogP contribution is -2.23. The summed E-state index contributed by atoms with van der Waals surface area (Å²) in [7, 11) is 0. The van der Waals surface area contributed by atoms with Crippen LogP contribution in [0.15, 0.2) is 0 Å². The van der Waals surface area contributed by atoms with Gasteiger partial charge in [0.2, 0.25) is 0 Å². The Morgan fingerprint density at radius 2 is 2.27 bits per heavy atom. The number of fused-ring (bicyclic) bond motifs is 1. The Hall–Kier alpha value is -1.07. The van der Waals surface area contributed by atoms with Crippen molar-refractivity contribution in [3.05, 3.63) is 11.3 Å². The van der Waals surface area contributed by atoms with Gasteiger partial charge in [-0.1, -0.05) is 0 Å². The molecule has 0 radical (unpaired) electrons. The number of nitrogens with one attached hydrogen (secondary N) is 2. The van der Waals surface area contributed by atoms with Crippen LogP contribution in [0.4, 0.5) is 5.82 Å². The van der Waals surface area contributed by atoms with Crippen molar-refractivity contribution in [2.24, 2.45) is 0 Å². The number of aromatic nitrogens is 2. The third kappa shape index (κ3) is 1.42.